The molecule has 29 heavy (non-hydrogen) atoms. The number of aromatic nitrogens is 1. The smallest absolute Gasteiger partial charge is 0.270 e. The van der Waals surface area contributed by atoms with Crippen molar-refractivity contribution >= 4 is 22.7 Å². The van der Waals surface area contributed by atoms with Gasteiger partial charge in [-0.1, -0.05) is 29.8 Å². The van der Waals surface area contributed by atoms with E-state index >= 15 is 0 Å². The first kappa shape index (κ1) is 18.9. The molecule has 0 atom stereocenters. The van der Waals surface area contributed by atoms with Crippen molar-refractivity contribution in [2.45, 2.75) is 20.4 Å². The number of benzene rings is 2. The van der Waals surface area contributed by atoms with Gasteiger partial charge in [0.2, 0.25) is 0 Å². The minimum absolute atomic E-state index is 0.0612. The van der Waals surface area contributed by atoms with Crippen LogP contribution in [0.2, 0.25) is 0 Å². The van der Waals surface area contributed by atoms with Gasteiger partial charge in [0.05, 0.1) is 29.1 Å². The van der Waals surface area contributed by atoms with Crippen LogP contribution < -0.4 is 4.80 Å². The van der Waals surface area contributed by atoms with E-state index in [1.807, 2.05) is 47.2 Å². The number of thiazole rings is 1. The van der Waals surface area contributed by atoms with E-state index in [0.29, 0.717) is 6.54 Å². The van der Waals surface area contributed by atoms with Crippen molar-refractivity contribution < 1.29 is 9.34 Å². The number of nitro benzene ring substituents is 1. The predicted octanol–water partition coefficient (Wildman–Crippen LogP) is 5.62. The second kappa shape index (κ2) is 7.89. The van der Waals surface area contributed by atoms with E-state index in [1.54, 1.807) is 18.4 Å². The molecule has 0 unspecified atom stereocenters. The van der Waals surface area contributed by atoms with Crippen LogP contribution in [0.5, 0.6) is 0 Å². The van der Waals surface area contributed by atoms with Crippen LogP contribution in [0, 0.1) is 24.0 Å². The maximum Gasteiger partial charge on any atom is 0.270 e. The third-order valence-electron chi connectivity index (χ3n) is 4.61. The summed E-state index contributed by atoms with van der Waals surface area (Å²) in [4.78, 5) is 16.5. The van der Waals surface area contributed by atoms with Gasteiger partial charge in [-0.15, -0.1) is 11.3 Å². The van der Waals surface area contributed by atoms with Gasteiger partial charge in [0.1, 0.15) is 5.76 Å². The van der Waals surface area contributed by atoms with Gasteiger partial charge in [-0.25, -0.2) is 4.99 Å². The molecule has 4 aromatic rings. The van der Waals surface area contributed by atoms with E-state index in [4.69, 9.17) is 9.41 Å². The molecule has 0 radical (unpaired) electrons. The second-order valence-electron chi connectivity index (χ2n) is 6.78. The monoisotopic (exact) mass is 405 g/mol. The van der Waals surface area contributed by atoms with Gasteiger partial charge in [0, 0.05) is 23.1 Å². The van der Waals surface area contributed by atoms with Crippen LogP contribution in [0.25, 0.3) is 11.3 Å². The minimum Gasteiger partial charge on any atom is -0.467 e. The Bertz CT molecular complexity index is 1240. The van der Waals surface area contributed by atoms with Crippen LogP contribution in [-0.4, -0.2) is 9.49 Å². The molecule has 2 aromatic heterocycles. The van der Waals surface area contributed by atoms with Crippen LogP contribution in [0.4, 0.5) is 11.4 Å². The van der Waals surface area contributed by atoms with Gasteiger partial charge in [0.25, 0.3) is 5.69 Å². The molecule has 0 amide bonds. The Morgan fingerprint density at radius 2 is 2.00 bits per heavy atom. The Hall–Kier alpha value is -3.45. The summed E-state index contributed by atoms with van der Waals surface area (Å²) in [5.41, 5.74) is 4.87. The number of hydrogen-bond donors (Lipinski definition) is 0. The second-order valence-corrected chi connectivity index (χ2v) is 7.61. The van der Waals surface area contributed by atoms with Crippen molar-refractivity contribution in [2.75, 3.05) is 0 Å². The lowest BCUT2D eigenvalue weighted by atomic mass is 10.1. The Morgan fingerprint density at radius 3 is 2.72 bits per heavy atom. The first-order valence-electron chi connectivity index (χ1n) is 9.09. The Morgan fingerprint density at radius 1 is 1.14 bits per heavy atom. The van der Waals surface area contributed by atoms with E-state index in [0.717, 1.165) is 33.1 Å². The molecule has 0 aliphatic heterocycles. The van der Waals surface area contributed by atoms with Crippen molar-refractivity contribution in [3.63, 3.8) is 0 Å². The number of nitrogens with zero attached hydrogens (tertiary/aromatic N) is 3. The molecule has 0 spiro atoms. The molecule has 0 fully saturated rings. The van der Waals surface area contributed by atoms with Crippen LogP contribution in [-0.2, 0) is 6.54 Å². The molecule has 0 aliphatic rings. The van der Waals surface area contributed by atoms with E-state index in [1.165, 1.54) is 23.0 Å². The van der Waals surface area contributed by atoms with Gasteiger partial charge in [0.15, 0.2) is 4.80 Å². The molecule has 4 rings (SSSR count). The highest BCUT2D eigenvalue weighted by atomic mass is 32.1. The fourth-order valence-electron chi connectivity index (χ4n) is 3.17. The number of aryl methyl sites for hydroxylation is 2. The highest BCUT2D eigenvalue weighted by Gasteiger charge is 2.14. The van der Waals surface area contributed by atoms with Crippen LogP contribution >= 0.6 is 11.3 Å². The zero-order valence-corrected chi connectivity index (χ0v) is 16.8. The lowest BCUT2D eigenvalue weighted by molar-refractivity contribution is -0.384. The predicted molar refractivity (Wildman–Crippen MR) is 113 cm³/mol. The maximum absolute atomic E-state index is 11.2. The summed E-state index contributed by atoms with van der Waals surface area (Å²) in [6, 6.07) is 16.5. The lowest BCUT2D eigenvalue weighted by Gasteiger charge is -2.08. The molecular formula is C22H19N3O3S. The quantitative estimate of drug-likeness (QED) is 0.320. The van der Waals surface area contributed by atoms with Gasteiger partial charge in [-0.2, -0.15) is 0 Å². The highest BCUT2D eigenvalue weighted by Crippen LogP contribution is 2.26. The number of non-ortho nitro benzene ring substituents is 1. The normalized spacial score (nSPS) is 11.7. The molecular weight excluding hydrogens is 386 g/mol. The number of furan rings is 1. The fourth-order valence-corrected chi connectivity index (χ4v) is 4.09. The van der Waals surface area contributed by atoms with Crippen LogP contribution in [0.15, 0.2) is 75.7 Å². The van der Waals surface area contributed by atoms with Crippen LogP contribution in [0.1, 0.15) is 16.9 Å². The SMILES string of the molecule is Cc1ccc(N=c2scc(-c3cccc([N+](=O)[O-])c3)n2Cc2ccco2)c(C)c1. The van der Waals surface area contributed by atoms with Crippen molar-refractivity contribution in [3.05, 3.63) is 98.0 Å². The topological polar surface area (TPSA) is 73.6 Å². The van der Waals surface area contributed by atoms with Crippen LogP contribution in [0.3, 0.4) is 0 Å². The number of rotatable bonds is 5. The molecule has 0 N–H and O–H groups in total. The summed E-state index contributed by atoms with van der Waals surface area (Å²) in [6.07, 6.45) is 1.64. The highest BCUT2D eigenvalue weighted by molar-refractivity contribution is 7.07. The lowest BCUT2D eigenvalue weighted by Crippen LogP contribution is -2.16. The third-order valence-corrected chi connectivity index (χ3v) is 5.48. The van der Waals surface area contributed by atoms with Gasteiger partial charge in [-0.3, -0.25) is 10.1 Å². The van der Waals surface area contributed by atoms with Crippen molar-refractivity contribution in [1.82, 2.24) is 4.57 Å². The van der Waals surface area contributed by atoms with E-state index in [9.17, 15) is 10.1 Å². The summed E-state index contributed by atoms with van der Waals surface area (Å²) >= 11 is 1.50. The van der Waals surface area contributed by atoms with Crippen molar-refractivity contribution in [1.29, 1.82) is 0 Å². The molecule has 0 saturated heterocycles. The standard InChI is InChI=1S/C22H19N3O3S/c1-15-8-9-20(16(2)11-15)23-22-24(13-19-7-4-10-28-19)21(14-29-22)17-5-3-6-18(12-17)25(26)27/h3-12,14H,13H2,1-2H3. The molecule has 2 heterocycles. The zero-order valence-electron chi connectivity index (χ0n) is 16.0. The first-order chi connectivity index (χ1) is 14.0. The summed E-state index contributed by atoms with van der Waals surface area (Å²) in [6.45, 7) is 4.58. The maximum atomic E-state index is 11.2. The van der Waals surface area contributed by atoms with E-state index in [2.05, 4.69) is 13.0 Å². The Labute approximate surface area is 171 Å². The Balaban J connectivity index is 1.87. The van der Waals surface area contributed by atoms with Gasteiger partial charge < -0.3 is 8.98 Å². The largest absolute Gasteiger partial charge is 0.467 e. The van der Waals surface area contributed by atoms with E-state index < -0.39 is 0 Å². The molecule has 146 valence electrons. The molecule has 2 aromatic carbocycles. The molecule has 7 heteroatoms. The minimum atomic E-state index is -0.381. The third kappa shape index (κ3) is 4.05. The van der Waals surface area contributed by atoms with E-state index in [-0.39, 0.29) is 10.6 Å². The van der Waals surface area contributed by atoms with Gasteiger partial charge >= 0.3 is 0 Å². The first-order valence-corrected chi connectivity index (χ1v) is 9.97. The summed E-state index contributed by atoms with van der Waals surface area (Å²) in [7, 11) is 0. The number of nitro groups is 1. The zero-order chi connectivity index (χ0) is 20.4. The average molecular weight is 405 g/mol. The summed E-state index contributed by atoms with van der Waals surface area (Å²) in [5, 5.41) is 13.2. The molecule has 0 saturated carbocycles. The van der Waals surface area contributed by atoms with Gasteiger partial charge in [-0.05, 0) is 37.6 Å². The summed E-state index contributed by atoms with van der Waals surface area (Å²) in [5.74, 6) is 0.789. The molecule has 0 bridgehead atoms. The molecule has 0 aliphatic carbocycles. The fraction of sp³-hybridized carbons (Fsp3) is 0.136. The van der Waals surface area contributed by atoms with Crippen molar-refractivity contribution in [2.24, 2.45) is 4.99 Å². The average Bonchev–Trinajstić information content (AvgIpc) is 3.35. The van der Waals surface area contributed by atoms with Crippen molar-refractivity contribution in [3.8, 4) is 11.3 Å². The number of hydrogen-bond acceptors (Lipinski definition) is 5. The molecule has 6 nitrogen and oxygen atoms in total. The summed E-state index contributed by atoms with van der Waals surface area (Å²) < 4.78 is 7.57. The Kier molecular flexibility index (Phi) is 5.14.